The Labute approximate surface area is 85.1 Å². The molecule has 0 aromatic heterocycles. The van der Waals surface area contributed by atoms with Crippen LogP contribution >= 0.6 is 0 Å². The molecule has 2 aliphatic heterocycles. The Balaban J connectivity index is 0.000000461. The third-order valence-corrected chi connectivity index (χ3v) is 3.31. The number of fused-ring (bicyclic) bond motifs is 2. The maximum Gasteiger partial charge on any atom is 0.0921 e. The molecule has 2 unspecified atom stereocenters. The van der Waals surface area contributed by atoms with Gasteiger partial charge in [-0.15, -0.1) is 0 Å². The van der Waals surface area contributed by atoms with Gasteiger partial charge in [-0.2, -0.15) is 0 Å². The summed E-state index contributed by atoms with van der Waals surface area (Å²) in [7, 11) is 1.50. The molecule has 0 amide bonds. The molecule has 2 rings (SSSR count). The summed E-state index contributed by atoms with van der Waals surface area (Å²) in [5.74, 6) is 0. The van der Waals surface area contributed by atoms with Gasteiger partial charge in [0.15, 0.2) is 0 Å². The fourth-order valence-corrected chi connectivity index (χ4v) is 2.48. The monoisotopic (exact) mass is 203 g/mol. The molecule has 84 valence electrons. The number of aliphatic hydroxyl groups excluding tert-OH is 2. The molecule has 2 bridgehead atoms. The smallest absolute Gasteiger partial charge is 0.0921 e. The number of hydrogen-bond acceptors (Lipinski definition) is 4. The minimum absolute atomic E-state index is 0.106. The second kappa shape index (κ2) is 4.57. The lowest BCUT2D eigenvalue weighted by Gasteiger charge is -2.38. The number of nitrogens with two attached hydrogens (primary N) is 1. The summed E-state index contributed by atoms with van der Waals surface area (Å²) in [5, 5.41) is 18.3. The first kappa shape index (κ1) is 11.9. The van der Waals surface area contributed by atoms with Gasteiger partial charge >= 0.3 is 0 Å². The summed E-state index contributed by atoms with van der Waals surface area (Å²) < 4.78 is 5.77. The molecule has 0 spiro atoms. The lowest BCUT2D eigenvalue weighted by atomic mass is 9.94. The van der Waals surface area contributed by atoms with E-state index in [0.29, 0.717) is 0 Å². The highest BCUT2D eigenvalue weighted by Gasteiger charge is 2.51. The lowest BCUT2D eigenvalue weighted by molar-refractivity contribution is -0.171. The standard InChI is InChI=1S/C9H16O3.CH5N/c10-6-8-2-1-3-9(7-11,12-8)5-4-8;1-2/h10-11H,1-7H2;2H2,1H3. The Hall–Kier alpha value is -0.160. The van der Waals surface area contributed by atoms with Gasteiger partial charge in [-0.25, -0.2) is 0 Å². The third-order valence-electron chi connectivity index (χ3n) is 3.31. The van der Waals surface area contributed by atoms with Crippen LogP contribution in [0.5, 0.6) is 0 Å². The quantitative estimate of drug-likeness (QED) is 0.591. The van der Waals surface area contributed by atoms with E-state index >= 15 is 0 Å². The van der Waals surface area contributed by atoms with Gasteiger partial charge in [-0.1, -0.05) is 0 Å². The van der Waals surface area contributed by atoms with Crippen LogP contribution in [0.3, 0.4) is 0 Å². The molecule has 0 aromatic rings. The van der Waals surface area contributed by atoms with E-state index < -0.39 is 0 Å². The summed E-state index contributed by atoms with van der Waals surface area (Å²) >= 11 is 0. The number of ether oxygens (including phenoxy) is 1. The molecule has 2 heterocycles. The molecular formula is C10H21NO3. The Bertz CT molecular complexity index is 170. The van der Waals surface area contributed by atoms with Crippen molar-refractivity contribution in [1.29, 1.82) is 0 Å². The van der Waals surface area contributed by atoms with E-state index in [1.807, 2.05) is 0 Å². The first-order chi connectivity index (χ1) is 6.74. The predicted octanol–water partition coefficient (Wildman–Crippen LogP) is 0.0178. The van der Waals surface area contributed by atoms with Crippen molar-refractivity contribution in [3.8, 4) is 0 Å². The van der Waals surface area contributed by atoms with Crippen LogP contribution in [-0.2, 0) is 4.74 Å². The molecule has 0 saturated carbocycles. The second-order valence-electron chi connectivity index (χ2n) is 4.14. The van der Waals surface area contributed by atoms with Gasteiger partial charge in [0.1, 0.15) is 0 Å². The molecule has 4 heteroatoms. The average molecular weight is 203 g/mol. The van der Waals surface area contributed by atoms with Crippen LogP contribution in [0.25, 0.3) is 0 Å². The Morgan fingerprint density at radius 2 is 1.43 bits per heavy atom. The maximum absolute atomic E-state index is 9.17. The SMILES string of the molecule is CN.OCC12CCCC(CO)(CC1)O2. The van der Waals surface area contributed by atoms with Gasteiger partial charge < -0.3 is 20.7 Å². The van der Waals surface area contributed by atoms with Crippen LogP contribution in [0.4, 0.5) is 0 Å². The van der Waals surface area contributed by atoms with E-state index in [9.17, 15) is 10.2 Å². The number of hydrogen-bond donors (Lipinski definition) is 3. The van der Waals surface area contributed by atoms with E-state index in [4.69, 9.17) is 4.74 Å². The zero-order valence-corrected chi connectivity index (χ0v) is 8.83. The highest BCUT2D eigenvalue weighted by molar-refractivity contribution is 5.01. The van der Waals surface area contributed by atoms with E-state index in [0.717, 1.165) is 32.1 Å². The van der Waals surface area contributed by atoms with E-state index in [1.165, 1.54) is 7.05 Å². The van der Waals surface area contributed by atoms with Crippen LogP contribution in [-0.4, -0.2) is 41.7 Å². The van der Waals surface area contributed by atoms with Crippen LogP contribution in [0, 0.1) is 0 Å². The van der Waals surface area contributed by atoms with Crippen LogP contribution in [0.1, 0.15) is 32.1 Å². The van der Waals surface area contributed by atoms with Crippen molar-refractivity contribution in [3.05, 3.63) is 0 Å². The summed E-state index contributed by atoms with van der Waals surface area (Å²) in [6, 6.07) is 0. The summed E-state index contributed by atoms with van der Waals surface area (Å²) in [4.78, 5) is 0. The molecule has 0 radical (unpaired) electrons. The van der Waals surface area contributed by atoms with Crippen LogP contribution in [0.15, 0.2) is 0 Å². The second-order valence-corrected chi connectivity index (χ2v) is 4.14. The maximum atomic E-state index is 9.17. The minimum Gasteiger partial charge on any atom is -0.393 e. The van der Waals surface area contributed by atoms with Crippen molar-refractivity contribution in [2.75, 3.05) is 20.3 Å². The first-order valence-corrected chi connectivity index (χ1v) is 5.24. The van der Waals surface area contributed by atoms with Crippen molar-refractivity contribution in [3.63, 3.8) is 0 Å². The molecule has 14 heavy (non-hydrogen) atoms. The molecule has 4 N–H and O–H groups in total. The van der Waals surface area contributed by atoms with Crippen LogP contribution < -0.4 is 5.73 Å². The Morgan fingerprint density at radius 1 is 1.00 bits per heavy atom. The first-order valence-electron chi connectivity index (χ1n) is 5.24. The van der Waals surface area contributed by atoms with Gasteiger partial charge in [-0.05, 0) is 39.2 Å². The molecule has 4 nitrogen and oxygen atoms in total. The fraction of sp³-hybridized carbons (Fsp3) is 1.00. The van der Waals surface area contributed by atoms with Crippen LogP contribution in [0.2, 0.25) is 0 Å². The van der Waals surface area contributed by atoms with Crippen molar-refractivity contribution in [2.24, 2.45) is 5.73 Å². The molecule has 2 saturated heterocycles. The highest BCUT2D eigenvalue weighted by Crippen LogP contribution is 2.47. The predicted molar refractivity (Wildman–Crippen MR) is 53.9 cm³/mol. The molecule has 0 aliphatic carbocycles. The average Bonchev–Trinajstić information content (AvgIpc) is 2.55. The summed E-state index contributed by atoms with van der Waals surface area (Å²) in [6.45, 7) is 0.212. The normalized spacial score (nSPS) is 40.3. The van der Waals surface area contributed by atoms with Crippen molar-refractivity contribution < 1.29 is 14.9 Å². The number of aliphatic hydroxyl groups is 2. The highest BCUT2D eigenvalue weighted by atomic mass is 16.6. The third kappa shape index (κ3) is 1.93. The number of rotatable bonds is 2. The zero-order chi connectivity index (χ0) is 10.7. The van der Waals surface area contributed by atoms with E-state index in [-0.39, 0.29) is 24.4 Å². The van der Waals surface area contributed by atoms with Crippen molar-refractivity contribution in [1.82, 2.24) is 0 Å². The van der Waals surface area contributed by atoms with Gasteiger partial charge in [0.25, 0.3) is 0 Å². The van der Waals surface area contributed by atoms with E-state index in [1.54, 1.807) is 0 Å². The molecule has 2 fully saturated rings. The van der Waals surface area contributed by atoms with Gasteiger partial charge in [0.05, 0.1) is 24.4 Å². The van der Waals surface area contributed by atoms with Crippen molar-refractivity contribution >= 4 is 0 Å². The Morgan fingerprint density at radius 3 is 1.79 bits per heavy atom. The summed E-state index contributed by atoms with van der Waals surface area (Å²) in [5.41, 5.74) is 3.89. The van der Waals surface area contributed by atoms with E-state index in [2.05, 4.69) is 5.73 Å². The largest absolute Gasteiger partial charge is 0.393 e. The topological polar surface area (TPSA) is 75.7 Å². The zero-order valence-electron chi connectivity index (χ0n) is 8.83. The Kier molecular flexibility index (Phi) is 3.89. The van der Waals surface area contributed by atoms with Gasteiger partial charge in [-0.3, -0.25) is 0 Å². The molecule has 2 aliphatic rings. The van der Waals surface area contributed by atoms with Gasteiger partial charge in [0, 0.05) is 0 Å². The van der Waals surface area contributed by atoms with Crippen molar-refractivity contribution in [2.45, 2.75) is 43.3 Å². The molecule has 2 atom stereocenters. The molecular weight excluding hydrogens is 182 g/mol. The summed E-state index contributed by atoms with van der Waals surface area (Å²) in [6.07, 6.45) is 4.78. The molecule has 0 aromatic carbocycles. The van der Waals surface area contributed by atoms with Gasteiger partial charge in [0.2, 0.25) is 0 Å². The lowest BCUT2D eigenvalue weighted by Crippen LogP contribution is -2.44. The minimum atomic E-state index is -0.305. The fourth-order valence-electron chi connectivity index (χ4n) is 2.48.